The van der Waals surface area contributed by atoms with Crippen LogP contribution in [0.25, 0.3) is 0 Å². The Labute approximate surface area is 112 Å². The summed E-state index contributed by atoms with van der Waals surface area (Å²) in [6.45, 7) is 0. The first-order chi connectivity index (χ1) is 9.34. The predicted molar refractivity (Wildman–Crippen MR) is 53.9 cm³/mol. The number of aromatic nitrogens is 1. The van der Waals surface area contributed by atoms with Crippen LogP contribution in [0.5, 0.6) is 5.88 Å². The van der Waals surface area contributed by atoms with Gasteiger partial charge in [0.2, 0.25) is 15.9 Å². The molecule has 118 valence electrons. The lowest BCUT2D eigenvalue weighted by Gasteiger charge is -2.13. The highest BCUT2D eigenvalue weighted by atomic mass is 32.2. The second-order valence-corrected chi connectivity index (χ2v) is 4.84. The average molecular weight is 337 g/mol. The van der Waals surface area contributed by atoms with Gasteiger partial charge in [-0.3, -0.25) is 10.1 Å². The summed E-state index contributed by atoms with van der Waals surface area (Å²) in [5.74, 6) is -1.83. The number of nitrogens with zero attached hydrogens (tertiary/aromatic N) is 2. The fraction of sp³-hybridized carbons (Fsp3) is 0.286. The van der Waals surface area contributed by atoms with Crippen molar-refractivity contribution in [2.75, 3.05) is 0 Å². The fourth-order valence-corrected chi connectivity index (χ4v) is 2.13. The van der Waals surface area contributed by atoms with Crippen LogP contribution >= 0.6 is 0 Å². The molecule has 0 spiro atoms. The first kappa shape index (κ1) is 17.0. The molecule has 0 aliphatic carbocycles. The van der Waals surface area contributed by atoms with E-state index < -0.39 is 49.8 Å². The van der Waals surface area contributed by atoms with E-state index >= 15 is 0 Å². The molecule has 0 atom stereocenters. The van der Waals surface area contributed by atoms with Crippen molar-refractivity contribution in [3.8, 4) is 5.88 Å². The van der Waals surface area contributed by atoms with Gasteiger partial charge in [-0.1, -0.05) is 0 Å². The van der Waals surface area contributed by atoms with Gasteiger partial charge < -0.3 is 4.74 Å². The van der Waals surface area contributed by atoms with Gasteiger partial charge in [0, 0.05) is 0 Å². The predicted octanol–water partition coefficient (Wildman–Crippen LogP) is 1.47. The summed E-state index contributed by atoms with van der Waals surface area (Å²) in [6.07, 6.45) is -9.27. The van der Waals surface area contributed by atoms with E-state index in [9.17, 15) is 40.5 Å². The largest absolute Gasteiger partial charge is 0.574 e. The van der Waals surface area contributed by atoms with E-state index in [1.165, 1.54) is 0 Å². The van der Waals surface area contributed by atoms with Crippen LogP contribution in [0.1, 0.15) is 12.0 Å². The van der Waals surface area contributed by atoms with E-state index in [-0.39, 0.29) is 6.20 Å². The molecular weight excluding hydrogens is 333 g/mol. The Morgan fingerprint density at radius 1 is 1.38 bits per heavy atom. The summed E-state index contributed by atoms with van der Waals surface area (Å²) < 4.78 is 87.4. The lowest BCUT2D eigenvalue weighted by Crippen LogP contribution is -2.23. The van der Waals surface area contributed by atoms with Crippen LogP contribution in [0.4, 0.5) is 27.6 Å². The standard InChI is InChI=1S/C7H4F5N3O5S/c8-5(9)3-2(15(16)17)1-14-6(20-7(10,11)12)4(3)21(13,18)19/h1,5H,(H2,13,18,19). The number of hydrogen-bond acceptors (Lipinski definition) is 6. The van der Waals surface area contributed by atoms with Crippen molar-refractivity contribution < 1.29 is 40.0 Å². The molecule has 0 aromatic carbocycles. The maximum atomic E-state index is 12.8. The zero-order chi connectivity index (χ0) is 16.6. The topological polar surface area (TPSA) is 125 Å². The van der Waals surface area contributed by atoms with Crippen molar-refractivity contribution >= 4 is 15.7 Å². The Morgan fingerprint density at radius 3 is 2.24 bits per heavy atom. The molecular formula is C7H4F5N3O5S. The molecule has 0 aliphatic rings. The number of hydrogen-bond donors (Lipinski definition) is 1. The molecule has 0 saturated carbocycles. The smallest absolute Gasteiger partial charge is 0.386 e. The second-order valence-electron chi connectivity index (χ2n) is 3.34. The molecule has 21 heavy (non-hydrogen) atoms. The van der Waals surface area contributed by atoms with Crippen LogP contribution in [0, 0.1) is 10.1 Å². The zero-order valence-electron chi connectivity index (χ0n) is 9.47. The molecule has 0 fully saturated rings. The van der Waals surface area contributed by atoms with Gasteiger partial charge in [-0.2, -0.15) is 0 Å². The minimum Gasteiger partial charge on any atom is -0.386 e. The van der Waals surface area contributed by atoms with Crippen LogP contribution in [0.3, 0.4) is 0 Å². The summed E-state index contributed by atoms with van der Waals surface area (Å²) in [5.41, 5.74) is -3.35. The van der Waals surface area contributed by atoms with Crippen molar-refractivity contribution in [2.24, 2.45) is 5.14 Å². The first-order valence-electron chi connectivity index (χ1n) is 4.58. The number of halogens is 5. The van der Waals surface area contributed by atoms with Gasteiger partial charge >= 0.3 is 6.36 Å². The summed E-state index contributed by atoms with van der Waals surface area (Å²) in [7, 11) is -5.21. The molecule has 0 aliphatic heterocycles. The number of nitrogens with two attached hydrogens (primary N) is 1. The Balaban J connectivity index is 3.78. The summed E-state index contributed by atoms with van der Waals surface area (Å²) in [4.78, 5) is 9.91. The SMILES string of the molecule is NS(=O)(=O)c1c(OC(F)(F)F)ncc([N+](=O)[O-])c1C(F)F. The van der Waals surface area contributed by atoms with Crippen molar-refractivity contribution in [2.45, 2.75) is 17.7 Å². The van der Waals surface area contributed by atoms with Crippen LogP contribution in [-0.4, -0.2) is 24.7 Å². The fourth-order valence-electron chi connectivity index (χ4n) is 1.29. The monoisotopic (exact) mass is 337 g/mol. The molecule has 0 bridgehead atoms. The quantitative estimate of drug-likeness (QED) is 0.504. The number of primary sulfonamides is 1. The maximum absolute atomic E-state index is 12.8. The molecule has 14 heteroatoms. The number of alkyl halides is 5. The molecule has 1 aromatic rings. The summed E-state index contributed by atoms with van der Waals surface area (Å²) in [6, 6.07) is 0. The Kier molecular flexibility index (Phi) is 4.33. The Bertz CT molecular complexity index is 674. The lowest BCUT2D eigenvalue weighted by atomic mass is 10.2. The van der Waals surface area contributed by atoms with Gasteiger partial charge in [0.05, 0.1) is 4.92 Å². The van der Waals surface area contributed by atoms with E-state index in [2.05, 4.69) is 14.9 Å². The number of rotatable bonds is 4. The van der Waals surface area contributed by atoms with Crippen LogP contribution in [0.2, 0.25) is 0 Å². The maximum Gasteiger partial charge on any atom is 0.574 e. The normalized spacial score (nSPS) is 12.5. The van der Waals surface area contributed by atoms with Crippen LogP contribution < -0.4 is 9.88 Å². The molecule has 0 radical (unpaired) electrons. The zero-order valence-corrected chi connectivity index (χ0v) is 10.3. The third kappa shape index (κ3) is 3.94. The van der Waals surface area contributed by atoms with Crippen LogP contribution in [0.15, 0.2) is 11.1 Å². The molecule has 0 unspecified atom stereocenters. The number of ether oxygens (including phenoxy) is 1. The third-order valence-corrected chi connectivity index (χ3v) is 2.89. The second kappa shape index (κ2) is 5.36. The highest BCUT2D eigenvalue weighted by Gasteiger charge is 2.40. The minimum atomic E-state index is -5.47. The Hall–Kier alpha value is -2.09. The van der Waals surface area contributed by atoms with E-state index in [4.69, 9.17) is 0 Å². The molecule has 8 nitrogen and oxygen atoms in total. The van der Waals surface area contributed by atoms with Gasteiger partial charge in [-0.25, -0.2) is 27.3 Å². The summed E-state index contributed by atoms with van der Waals surface area (Å²) >= 11 is 0. The van der Waals surface area contributed by atoms with Gasteiger partial charge in [-0.15, -0.1) is 13.2 Å². The van der Waals surface area contributed by atoms with Gasteiger partial charge in [0.25, 0.3) is 12.1 Å². The molecule has 1 aromatic heterocycles. The number of pyridine rings is 1. The van der Waals surface area contributed by atoms with E-state index in [1.54, 1.807) is 0 Å². The highest BCUT2D eigenvalue weighted by molar-refractivity contribution is 7.89. The van der Waals surface area contributed by atoms with Gasteiger partial charge in [-0.05, 0) is 0 Å². The molecule has 2 N–H and O–H groups in total. The highest BCUT2D eigenvalue weighted by Crippen LogP contribution is 2.39. The third-order valence-electron chi connectivity index (χ3n) is 1.93. The lowest BCUT2D eigenvalue weighted by molar-refractivity contribution is -0.387. The van der Waals surface area contributed by atoms with E-state index in [1.807, 2.05) is 0 Å². The Morgan fingerprint density at radius 2 is 1.90 bits per heavy atom. The van der Waals surface area contributed by atoms with Crippen molar-refractivity contribution in [3.63, 3.8) is 0 Å². The van der Waals surface area contributed by atoms with Crippen molar-refractivity contribution in [3.05, 3.63) is 21.9 Å². The van der Waals surface area contributed by atoms with Gasteiger partial charge in [0.15, 0.2) is 4.90 Å². The van der Waals surface area contributed by atoms with Crippen LogP contribution in [-0.2, 0) is 10.0 Å². The van der Waals surface area contributed by atoms with Gasteiger partial charge in [0.1, 0.15) is 11.8 Å². The molecule has 0 amide bonds. The van der Waals surface area contributed by atoms with Crippen molar-refractivity contribution in [1.82, 2.24) is 4.98 Å². The number of nitro groups is 1. The average Bonchev–Trinajstić information content (AvgIpc) is 2.23. The molecule has 1 heterocycles. The number of sulfonamides is 1. The first-order valence-corrected chi connectivity index (χ1v) is 6.13. The summed E-state index contributed by atoms with van der Waals surface area (Å²) in [5, 5.41) is 15.0. The molecule has 1 rings (SSSR count). The van der Waals surface area contributed by atoms with Crippen molar-refractivity contribution in [1.29, 1.82) is 0 Å². The molecule has 0 saturated heterocycles. The van der Waals surface area contributed by atoms with E-state index in [0.717, 1.165) is 0 Å². The minimum absolute atomic E-state index is 0.0112. The van der Waals surface area contributed by atoms with E-state index in [0.29, 0.717) is 0 Å².